The molecule has 1 fully saturated rings. The van der Waals surface area contributed by atoms with Gasteiger partial charge in [0.25, 0.3) is 11.7 Å². The molecule has 0 spiro atoms. The number of amides is 1. The maximum Gasteiger partial charge on any atom is 0.295 e. The minimum atomic E-state index is -0.809. The van der Waals surface area contributed by atoms with Crippen molar-refractivity contribution in [3.05, 3.63) is 101 Å². The molecule has 2 aromatic carbocycles. The minimum absolute atomic E-state index is 0.0364. The maximum atomic E-state index is 13.4. The predicted octanol–water partition coefficient (Wildman–Crippen LogP) is 3.66. The maximum absolute atomic E-state index is 13.4. The molecule has 1 aromatic heterocycles. The molecule has 162 valence electrons. The number of carbonyl (C=O) groups is 2. The number of Topliss-reactive ketones (excluding diaryl/α,β-unsaturated/α-hetero) is 1. The lowest BCUT2D eigenvalue weighted by atomic mass is 9.95. The van der Waals surface area contributed by atoms with Gasteiger partial charge < -0.3 is 14.7 Å². The van der Waals surface area contributed by atoms with Crippen LogP contribution in [0.5, 0.6) is 5.75 Å². The number of hydrogen-bond acceptors (Lipinski definition) is 4. The summed E-state index contributed by atoms with van der Waals surface area (Å²) >= 11 is 0. The summed E-state index contributed by atoms with van der Waals surface area (Å²) in [4.78, 5) is 30.4. The van der Waals surface area contributed by atoms with Gasteiger partial charge in [-0.25, -0.2) is 9.37 Å². The lowest BCUT2D eigenvalue weighted by Gasteiger charge is -2.25. The van der Waals surface area contributed by atoms with Gasteiger partial charge in [-0.15, -0.1) is 0 Å². The van der Waals surface area contributed by atoms with E-state index >= 15 is 0 Å². The second kappa shape index (κ2) is 9.01. The van der Waals surface area contributed by atoms with Gasteiger partial charge in [0.1, 0.15) is 17.3 Å². The largest absolute Gasteiger partial charge is 0.507 e. The molecule has 6 nitrogen and oxygen atoms in total. The lowest BCUT2D eigenvalue weighted by Crippen LogP contribution is -2.29. The number of nitrogens with one attached hydrogen (secondary N) is 1. The standard InChI is InChI=1S/C25H21FN2O4/c1-2-32-20-11-7-17(8-12-20)22-21(23(29)18-5-9-19(26)10-6-18)24(30)25(31)28(22)15-16-4-3-13-27-14-16/h3-14,22,29H,2,15H2,1H3/p+1. The molecule has 1 aliphatic heterocycles. The van der Waals surface area contributed by atoms with Crippen LogP contribution in [0.3, 0.4) is 0 Å². The Kier molecular flexibility index (Phi) is 5.98. The third-order valence-electron chi connectivity index (χ3n) is 5.29. The van der Waals surface area contributed by atoms with Gasteiger partial charge in [-0.05, 0) is 55.0 Å². The Morgan fingerprint density at radius 2 is 1.81 bits per heavy atom. The van der Waals surface area contributed by atoms with E-state index in [0.29, 0.717) is 17.9 Å². The third-order valence-corrected chi connectivity index (χ3v) is 5.29. The molecule has 0 radical (unpaired) electrons. The van der Waals surface area contributed by atoms with Crippen LogP contribution >= 0.6 is 0 Å². The number of hydrogen-bond donors (Lipinski definition) is 1. The van der Waals surface area contributed by atoms with E-state index < -0.39 is 23.5 Å². The van der Waals surface area contributed by atoms with Crippen LogP contribution in [0, 0.1) is 5.82 Å². The monoisotopic (exact) mass is 433 g/mol. The van der Waals surface area contributed by atoms with Gasteiger partial charge in [0, 0.05) is 17.2 Å². The first-order chi connectivity index (χ1) is 15.5. The number of aromatic amines is 1. The fourth-order valence-electron chi connectivity index (χ4n) is 3.79. The SMILES string of the molecule is CCOc1ccc(C2C(=C(O)c3ccc(F)cc3)C(=O)C(=O)N2Cc2ccc[nH+]c2)cc1. The van der Waals surface area contributed by atoms with E-state index in [4.69, 9.17) is 4.74 Å². The summed E-state index contributed by atoms with van der Waals surface area (Å²) in [5.41, 5.74) is 1.67. The molecule has 1 aliphatic rings. The molecule has 2 N–H and O–H groups in total. The molecule has 0 saturated carbocycles. The third kappa shape index (κ3) is 4.09. The number of benzene rings is 2. The number of ketones is 1. The minimum Gasteiger partial charge on any atom is -0.507 e. The van der Waals surface area contributed by atoms with E-state index in [1.165, 1.54) is 29.2 Å². The Bertz CT molecular complexity index is 1160. The first kappa shape index (κ1) is 21.2. The van der Waals surface area contributed by atoms with Gasteiger partial charge in [-0.2, -0.15) is 0 Å². The van der Waals surface area contributed by atoms with Crippen molar-refractivity contribution in [2.45, 2.75) is 19.5 Å². The van der Waals surface area contributed by atoms with Crippen molar-refractivity contribution in [1.29, 1.82) is 0 Å². The zero-order valence-electron chi connectivity index (χ0n) is 17.4. The summed E-state index contributed by atoms with van der Waals surface area (Å²) in [6.45, 7) is 2.55. The molecule has 1 atom stereocenters. The van der Waals surface area contributed by atoms with Crippen LogP contribution in [0.2, 0.25) is 0 Å². The average Bonchev–Trinajstić information content (AvgIpc) is 3.05. The van der Waals surface area contributed by atoms with Crippen molar-refractivity contribution in [2.75, 3.05) is 6.61 Å². The highest BCUT2D eigenvalue weighted by Crippen LogP contribution is 2.40. The first-order valence-corrected chi connectivity index (χ1v) is 10.2. The molecule has 1 amide bonds. The van der Waals surface area contributed by atoms with Crippen molar-refractivity contribution in [2.24, 2.45) is 0 Å². The topological polar surface area (TPSA) is 81.0 Å². The number of likely N-dealkylation sites (tertiary alicyclic amines) is 1. The van der Waals surface area contributed by atoms with Crippen molar-refractivity contribution in [3.63, 3.8) is 0 Å². The highest BCUT2D eigenvalue weighted by Gasteiger charge is 2.46. The molecule has 3 aromatic rings. The number of halogens is 1. The number of H-pyrrole nitrogens is 1. The van der Waals surface area contributed by atoms with Gasteiger partial charge >= 0.3 is 0 Å². The zero-order chi connectivity index (χ0) is 22.7. The highest BCUT2D eigenvalue weighted by atomic mass is 19.1. The number of aliphatic hydroxyl groups is 1. The van der Waals surface area contributed by atoms with Crippen LogP contribution in [-0.4, -0.2) is 28.3 Å². The fraction of sp³-hybridized carbons (Fsp3) is 0.160. The van der Waals surface area contributed by atoms with Gasteiger partial charge in [-0.1, -0.05) is 12.1 Å². The van der Waals surface area contributed by atoms with Crippen molar-refractivity contribution in [3.8, 4) is 5.75 Å². The van der Waals surface area contributed by atoms with Gasteiger partial charge in [0.05, 0.1) is 24.8 Å². The molecule has 2 heterocycles. The Labute approximate surface area is 184 Å². The molecule has 7 heteroatoms. The van der Waals surface area contributed by atoms with E-state index in [1.54, 1.807) is 42.7 Å². The number of aliphatic hydroxyl groups excluding tert-OH is 1. The Hall–Kier alpha value is -4.00. The van der Waals surface area contributed by atoms with Crippen molar-refractivity contribution < 1.29 is 28.8 Å². The van der Waals surface area contributed by atoms with Crippen LogP contribution in [0.25, 0.3) is 5.76 Å². The molecule has 0 aliphatic carbocycles. The molecule has 32 heavy (non-hydrogen) atoms. The molecule has 1 unspecified atom stereocenters. The van der Waals surface area contributed by atoms with Crippen LogP contribution in [0.4, 0.5) is 4.39 Å². The highest BCUT2D eigenvalue weighted by molar-refractivity contribution is 6.46. The smallest absolute Gasteiger partial charge is 0.295 e. The van der Waals surface area contributed by atoms with Crippen LogP contribution in [0.15, 0.2) is 78.6 Å². The van der Waals surface area contributed by atoms with Crippen molar-refractivity contribution >= 4 is 17.4 Å². The summed E-state index contributed by atoms with van der Waals surface area (Å²) in [5, 5.41) is 11.0. The summed E-state index contributed by atoms with van der Waals surface area (Å²) in [6.07, 6.45) is 3.49. The van der Waals surface area contributed by atoms with Gasteiger partial charge in [0.15, 0.2) is 12.4 Å². The second-order valence-electron chi connectivity index (χ2n) is 7.35. The quantitative estimate of drug-likeness (QED) is 0.366. The van der Waals surface area contributed by atoms with E-state index in [2.05, 4.69) is 4.98 Å². The van der Waals surface area contributed by atoms with Crippen LogP contribution in [-0.2, 0) is 16.1 Å². The summed E-state index contributed by atoms with van der Waals surface area (Å²) in [7, 11) is 0. The molecular formula is C25H22FN2O4+. The summed E-state index contributed by atoms with van der Waals surface area (Å²) < 4.78 is 18.9. The Morgan fingerprint density at radius 3 is 2.44 bits per heavy atom. The number of carbonyl (C=O) groups excluding carboxylic acids is 2. The second-order valence-corrected chi connectivity index (χ2v) is 7.35. The zero-order valence-corrected chi connectivity index (χ0v) is 17.4. The number of nitrogens with zero attached hydrogens (tertiary/aromatic N) is 1. The fourth-order valence-corrected chi connectivity index (χ4v) is 3.79. The van der Waals surface area contributed by atoms with Gasteiger partial charge in [-0.3, -0.25) is 9.59 Å². The number of aromatic nitrogens is 1. The number of rotatable bonds is 6. The molecule has 4 rings (SSSR count). The Morgan fingerprint density at radius 1 is 1.09 bits per heavy atom. The Balaban J connectivity index is 1.83. The van der Waals surface area contributed by atoms with E-state index in [0.717, 1.165) is 5.56 Å². The summed E-state index contributed by atoms with van der Waals surface area (Å²) in [6, 6.07) is 15.0. The molecular weight excluding hydrogens is 411 g/mol. The van der Waals surface area contributed by atoms with E-state index in [1.807, 2.05) is 13.0 Å². The summed E-state index contributed by atoms with van der Waals surface area (Å²) in [5.74, 6) is -1.65. The van der Waals surface area contributed by atoms with E-state index in [9.17, 15) is 19.1 Å². The first-order valence-electron chi connectivity index (χ1n) is 10.2. The van der Waals surface area contributed by atoms with Crippen LogP contribution < -0.4 is 9.72 Å². The van der Waals surface area contributed by atoms with E-state index in [-0.39, 0.29) is 23.4 Å². The molecule has 0 bridgehead atoms. The van der Waals surface area contributed by atoms with Crippen molar-refractivity contribution in [1.82, 2.24) is 4.90 Å². The normalized spacial score (nSPS) is 17.6. The predicted molar refractivity (Wildman–Crippen MR) is 115 cm³/mol. The molecule has 1 saturated heterocycles. The van der Waals surface area contributed by atoms with Crippen LogP contribution in [0.1, 0.15) is 29.7 Å². The number of pyridine rings is 1. The lowest BCUT2D eigenvalue weighted by molar-refractivity contribution is -0.378. The number of ether oxygens (including phenoxy) is 1. The average molecular weight is 433 g/mol. The van der Waals surface area contributed by atoms with Gasteiger partial charge in [0.2, 0.25) is 0 Å².